The van der Waals surface area contributed by atoms with Gasteiger partial charge < -0.3 is 10.6 Å². The lowest BCUT2D eigenvalue weighted by Gasteiger charge is -2.21. The first-order chi connectivity index (χ1) is 9.19. The van der Waals surface area contributed by atoms with Gasteiger partial charge in [-0.2, -0.15) is 11.3 Å². The van der Waals surface area contributed by atoms with Crippen LogP contribution in [-0.4, -0.2) is 17.4 Å². The van der Waals surface area contributed by atoms with Crippen LogP contribution in [0.25, 0.3) is 0 Å². The summed E-state index contributed by atoms with van der Waals surface area (Å²) in [6, 6.07) is 9.67. The van der Waals surface area contributed by atoms with Crippen LogP contribution in [0.2, 0.25) is 0 Å². The quantitative estimate of drug-likeness (QED) is 0.852. The van der Waals surface area contributed by atoms with Crippen LogP contribution >= 0.6 is 11.3 Å². The molecule has 1 aromatic heterocycles. The molecule has 0 saturated carbocycles. The molecule has 1 amide bonds. The summed E-state index contributed by atoms with van der Waals surface area (Å²) < 4.78 is 0. The number of thiophene rings is 1. The van der Waals surface area contributed by atoms with Crippen molar-refractivity contribution in [1.29, 1.82) is 0 Å². The third-order valence-corrected chi connectivity index (χ3v) is 3.76. The van der Waals surface area contributed by atoms with Crippen LogP contribution < -0.4 is 5.73 Å². The van der Waals surface area contributed by atoms with Gasteiger partial charge in [-0.05, 0) is 47.0 Å². The highest BCUT2D eigenvalue weighted by Crippen LogP contribution is 2.12. The zero-order chi connectivity index (χ0) is 13.7. The molecule has 0 aliphatic heterocycles. The Morgan fingerprint density at radius 1 is 1.21 bits per heavy atom. The first kappa shape index (κ1) is 13.6. The SMILES string of the molecule is CCN(Cc1ccc(N)cc1)C(=O)Cc1ccsc1. The van der Waals surface area contributed by atoms with Crippen LogP contribution in [0.15, 0.2) is 41.1 Å². The van der Waals surface area contributed by atoms with E-state index in [0.29, 0.717) is 19.5 Å². The van der Waals surface area contributed by atoms with Gasteiger partial charge in [0.25, 0.3) is 0 Å². The van der Waals surface area contributed by atoms with E-state index in [1.54, 1.807) is 11.3 Å². The Labute approximate surface area is 117 Å². The number of rotatable bonds is 5. The second-order valence-corrected chi connectivity index (χ2v) is 5.24. The zero-order valence-electron chi connectivity index (χ0n) is 11.0. The third-order valence-electron chi connectivity index (χ3n) is 3.02. The highest BCUT2D eigenvalue weighted by Gasteiger charge is 2.12. The first-order valence-electron chi connectivity index (χ1n) is 6.32. The number of benzene rings is 1. The third kappa shape index (κ3) is 3.83. The van der Waals surface area contributed by atoms with Crippen molar-refractivity contribution in [3.63, 3.8) is 0 Å². The number of amides is 1. The summed E-state index contributed by atoms with van der Waals surface area (Å²) in [5, 5.41) is 4.02. The summed E-state index contributed by atoms with van der Waals surface area (Å²) in [5.41, 5.74) is 8.60. The van der Waals surface area contributed by atoms with Gasteiger partial charge in [0.05, 0.1) is 6.42 Å². The fourth-order valence-electron chi connectivity index (χ4n) is 1.90. The molecule has 0 spiro atoms. The second kappa shape index (κ2) is 6.38. The topological polar surface area (TPSA) is 46.3 Å². The first-order valence-corrected chi connectivity index (χ1v) is 7.26. The van der Waals surface area contributed by atoms with Gasteiger partial charge in [0.1, 0.15) is 0 Å². The Hall–Kier alpha value is -1.81. The molecule has 100 valence electrons. The second-order valence-electron chi connectivity index (χ2n) is 4.46. The number of hydrogen-bond donors (Lipinski definition) is 1. The Kier molecular flexibility index (Phi) is 4.58. The van der Waals surface area contributed by atoms with Crippen molar-refractivity contribution in [2.45, 2.75) is 19.9 Å². The summed E-state index contributed by atoms with van der Waals surface area (Å²) in [6.07, 6.45) is 0.478. The molecular formula is C15H18N2OS. The normalized spacial score (nSPS) is 10.4. The maximum atomic E-state index is 12.2. The minimum Gasteiger partial charge on any atom is -0.399 e. The number of nitrogens with two attached hydrogens (primary N) is 1. The van der Waals surface area contributed by atoms with Gasteiger partial charge in [-0.1, -0.05) is 12.1 Å². The van der Waals surface area contributed by atoms with Gasteiger partial charge in [0, 0.05) is 18.8 Å². The van der Waals surface area contributed by atoms with Crippen molar-refractivity contribution >= 4 is 22.9 Å². The largest absolute Gasteiger partial charge is 0.399 e. The lowest BCUT2D eigenvalue weighted by atomic mass is 10.1. The predicted molar refractivity (Wildman–Crippen MR) is 80.0 cm³/mol. The molecule has 3 nitrogen and oxygen atoms in total. The number of likely N-dealkylation sites (N-methyl/N-ethyl adjacent to an activating group) is 1. The van der Waals surface area contributed by atoms with Crippen molar-refractivity contribution in [2.24, 2.45) is 0 Å². The van der Waals surface area contributed by atoms with Crippen LogP contribution in [0, 0.1) is 0 Å². The van der Waals surface area contributed by atoms with E-state index in [1.807, 2.05) is 52.9 Å². The van der Waals surface area contributed by atoms with Crippen LogP contribution in [0.3, 0.4) is 0 Å². The molecule has 2 rings (SSSR count). The smallest absolute Gasteiger partial charge is 0.227 e. The summed E-state index contributed by atoms with van der Waals surface area (Å²) in [6.45, 7) is 3.36. The zero-order valence-corrected chi connectivity index (χ0v) is 11.8. The average molecular weight is 274 g/mol. The molecule has 0 bridgehead atoms. The number of nitrogens with zero attached hydrogens (tertiary/aromatic N) is 1. The fourth-order valence-corrected chi connectivity index (χ4v) is 2.57. The molecule has 2 aromatic rings. The highest BCUT2D eigenvalue weighted by atomic mass is 32.1. The van der Waals surface area contributed by atoms with Gasteiger partial charge in [0.15, 0.2) is 0 Å². The van der Waals surface area contributed by atoms with E-state index < -0.39 is 0 Å². The minimum absolute atomic E-state index is 0.165. The van der Waals surface area contributed by atoms with Crippen LogP contribution in [0.4, 0.5) is 5.69 Å². The van der Waals surface area contributed by atoms with Crippen LogP contribution in [0.5, 0.6) is 0 Å². The monoisotopic (exact) mass is 274 g/mol. The lowest BCUT2D eigenvalue weighted by Crippen LogP contribution is -2.31. The molecular weight excluding hydrogens is 256 g/mol. The molecule has 0 atom stereocenters. The summed E-state index contributed by atoms with van der Waals surface area (Å²) in [5.74, 6) is 0.165. The van der Waals surface area contributed by atoms with Gasteiger partial charge in [0.2, 0.25) is 5.91 Å². The van der Waals surface area contributed by atoms with E-state index >= 15 is 0 Å². The molecule has 1 aromatic carbocycles. The van der Waals surface area contributed by atoms with Gasteiger partial charge in [-0.15, -0.1) is 0 Å². The summed E-state index contributed by atoms with van der Waals surface area (Å²) in [7, 11) is 0. The maximum Gasteiger partial charge on any atom is 0.227 e. The van der Waals surface area contributed by atoms with Gasteiger partial charge in [-0.3, -0.25) is 4.79 Å². The molecule has 0 saturated heterocycles. The minimum atomic E-state index is 0.165. The van der Waals surface area contributed by atoms with E-state index in [0.717, 1.165) is 16.8 Å². The Morgan fingerprint density at radius 3 is 2.53 bits per heavy atom. The molecule has 0 unspecified atom stereocenters. The number of carbonyl (C=O) groups excluding carboxylic acids is 1. The molecule has 4 heteroatoms. The van der Waals surface area contributed by atoms with E-state index in [4.69, 9.17) is 5.73 Å². The van der Waals surface area contributed by atoms with Gasteiger partial charge >= 0.3 is 0 Å². The van der Waals surface area contributed by atoms with Crippen molar-refractivity contribution in [2.75, 3.05) is 12.3 Å². The van der Waals surface area contributed by atoms with E-state index in [2.05, 4.69) is 0 Å². The van der Waals surface area contributed by atoms with Crippen LogP contribution in [0.1, 0.15) is 18.1 Å². The average Bonchev–Trinajstić information content (AvgIpc) is 2.90. The van der Waals surface area contributed by atoms with Crippen LogP contribution in [-0.2, 0) is 17.8 Å². The Balaban J connectivity index is 1.99. The lowest BCUT2D eigenvalue weighted by molar-refractivity contribution is -0.130. The molecule has 0 fully saturated rings. The standard InChI is InChI=1S/C15H18N2OS/c1-2-17(10-12-3-5-14(16)6-4-12)15(18)9-13-7-8-19-11-13/h3-8,11H,2,9-10,16H2,1H3. The molecule has 19 heavy (non-hydrogen) atoms. The Bertz CT molecular complexity index is 520. The summed E-state index contributed by atoms with van der Waals surface area (Å²) in [4.78, 5) is 14.1. The highest BCUT2D eigenvalue weighted by molar-refractivity contribution is 7.07. The number of anilines is 1. The molecule has 0 radical (unpaired) electrons. The molecule has 0 aliphatic carbocycles. The number of carbonyl (C=O) groups is 1. The van der Waals surface area contributed by atoms with Gasteiger partial charge in [-0.25, -0.2) is 0 Å². The van der Waals surface area contributed by atoms with Crippen molar-refractivity contribution in [3.05, 3.63) is 52.2 Å². The molecule has 0 aliphatic rings. The van der Waals surface area contributed by atoms with Crippen molar-refractivity contribution in [1.82, 2.24) is 4.90 Å². The van der Waals surface area contributed by atoms with Crippen molar-refractivity contribution in [3.8, 4) is 0 Å². The molecule has 2 N–H and O–H groups in total. The summed E-state index contributed by atoms with van der Waals surface area (Å²) >= 11 is 1.62. The number of nitrogen functional groups attached to an aromatic ring is 1. The molecule has 1 heterocycles. The van der Waals surface area contributed by atoms with E-state index in [9.17, 15) is 4.79 Å². The van der Waals surface area contributed by atoms with E-state index in [-0.39, 0.29) is 5.91 Å². The number of hydrogen-bond acceptors (Lipinski definition) is 3. The van der Waals surface area contributed by atoms with Crippen molar-refractivity contribution < 1.29 is 4.79 Å². The maximum absolute atomic E-state index is 12.2. The van der Waals surface area contributed by atoms with E-state index in [1.165, 1.54) is 0 Å². The predicted octanol–water partition coefficient (Wildman–Crippen LogP) is 2.92. The fraction of sp³-hybridized carbons (Fsp3) is 0.267. The Morgan fingerprint density at radius 2 is 1.95 bits per heavy atom.